The average molecular weight is 232 g/mol. The van der Waals surface area contributed by atoms with Crippen LogP contribution in [0.5, 0.6) is 0 Å². The van der Waals surface area contributed by atoms with Crippen LogP contribution in [-0.4, -0.2) is 25.3 Å². The van der Waals surface area contributed by atoms with Gasteiger partial charge in [0.05, 0.1) is 12.1 Å². The highest BCUT2D eigenvalue weighted by Crippen LogP contribution is 2.35. The average Bonchev–Trinajstić information content (AvgIpc) is 2.79. The third-order valence-electron chi connectivity index (χ3n) is 2.81. The molecule has 1 aliphatic heterocycles. The minimum absolute atomic E-state index is 0.288. The van der Waals surface area contributed by atoms with Gasteiger partial charge in [0.1, 0.15) is 5.60 Å². The van der Waals surface area contributed by atoms with Crippen LogP contribution in [0.15, 0.2) is 10.6 Å². The molecular formula is C10H14ClNO3. The van der Waals surface area contributed by atoms with E-state index in [9.17, 15) is 0 Å². The molecule has 0 atom stereocenters. The monoisotopic (exact) mass is 231 g/mol. The molecule has 0 aromatic carbocycles. The van der Waals surface area contributed by atoms with Crippen molar-refractivity contribution in [1.29, 1.82) is 0 Å². The lowest BCUT2D eigenvalue weighted by Gasteiger charge is -2.33. The molecule has 15 heavy (non-hydrogen) atoms. The van der Waals surface area contributed by atoms with Crippen molar-refractivity contribution in [3.63, 3.8) is 0 Å². The second-order valence-electron chi connectivity index (χ2n) is 3.56. The fourth-order valence-electron chi connectivity index (χ4n) is 1.83. The SMILES string of the molecule is COC1(c2cnc(CCl)o2)CCOCC1. The molecule has 84 valence electrons. The summed E-state index contributed by atoms with van der Waals surface area (Å²) < 4.78 is 16.4. The van der Waals surface area contributed by atoms with Gasteiger partial charge in [-0.05, 0) is 0 Å². The Morgan fingerprint density at radius 1 is 1.53 bits per heavy atom. The van der Waals surface area contributed by atoms with Gasteiger partial charge in [-0.25, -0.2) is 4.98 Å². The summed E-state index contributed by atoms with van der Waals surface area (Å²) in [5, 5.41) is 0. The molecule has 0 aliphatic carbocycles. The largest absolute Gasteiger partial charge is 0.441 e. The van der Waals surface area contributed by atoms with Gasteiger partial charge in [-0.1, -0.05) is 0 Å². The first kappa shape index (κ1) is 10.9. The van der Waals surface area contributed by atoms with Crippen LogP contribution in [0.4, 0.5) is 0 Å². The molecule has 0 N–H and O–H groups in total. The summed E-state index contributed by atoms with van der Waals surface area (Å²) in [6, 6.07) is 0. The van der Waals surface area contributed by atoms with Crippen LogP contribution in [0.2, 0.25) is 0 Å². The smallest absolute Gasteiger partial charge is 0.209 e. The molecule has 0 bridgehead atoms. The number of hydrogen-bond donors (Lipinski definition) is 0. The van der Waals surface area contributed by atoms with E-state index in [-0.39, 0.29) is 11.5 Å². The Bertz CT molecular complexity index is 320. The van der Waals surface area contributed by atoms with Crippen LogP contribution in [0.3, 0.4) is 0 Å². The van der Waals surface area contributed by atoms with Crippen LogP contribution in [-0.2, 0) is 21.0 Å². The number of oxazole rings is 1. The highest BCUT2D eigenvalue weighted by molar-refractivity contribution is 6.16. The van der Waals surface area contributed by atoms with E-state index in [1.807, 2.05) is 0 Å². The highest BCUT2D eigenvalue weighted by Gasteiger charge is 2.37. The van der Waals surface area contributed by atoms with Gasteiger partial charge in [-0.2, -0.15) is 0 Å². The molecule has 0 radical (unpaired) electrons. The van der Waals surface area contributed by atoms with E-state index in [0.29, 0.717) is 19.1 Å². The molecule has 1 aromatic heterocycles. The zero-order valence-corrected chi connectivity index (χ0v) is 9.42. The zero-order valence-electron chi connectivity index (χ0n) is 8.66. The summed E-state index contributed by atoms with van der Waals surface area (Å²) >= 11 is 5.65. The Hall–Kier alpha value is -0.580. The molecule has 2 rings (SSSR count). The summed E-state index contributed by atoms with van der Waals surface area (Å²) in [7, 11) is 1.69. The van der Waals surface area contributed by atoms with Crippen LogP contribution >= 0.6 is 11.6 Å². The molecule has 1 fully saturated rings. The van der Waals surface area contributed by atoms with Crippen molar-refractivity contribution >= 4 is 11.6 Å². The van der Waals surface area contributed by atoms with Crippen molar-refractivity contribution in [1.82, 2.24) is 4.98 Å². The Morgan fingerprint density at radius 2 is 2.27 bits per heavy atom. The van der Waals surface area contributed by atoms with Crippen LogP contribution in [0.25, 0.3) is 0 Å². The van der Waals surface area contributed by atoms with Gasteiger partial charge in [-0.15, -0.1) is 11.6 Å². The number of methoxy groups -OCH3 is 1. The summed E-state index contributed by atoms with van der Waals surface area (Å²) in [6.07, 6.45) is 3.29. The topological polar surface area (TPSA) is 44.5 Å². The summed E-state index contributed by atoms with van der Waals surface area (Å²) in [6.45, 7) is 1.37. The summed E-state index contributed by atoms with van der Waals surface area (Å²) in [4.78, 5) is 4.08. The maximum absolute atomic E-state index is 5.65. The van der Waals surface area contributed by atoms with Gasteiger partial charge in [0.2, 0.25) is 5.89 Å². The van der Waals surface area contributed by atoms with E-state index < -0.39 is 0 Å². The van der Waals surface area contributed by atoms with E-state index in [1.54, 1.807) is 13.3 Å². The van der Waals surface area contributed by atoms with Crippen molar-refractivity contribution in [3.05, 3.63) is 17.8 Å². The third kappa shape index (κ3) is 2.02. The lowest BCUT2D eigenvalue weighted by Crippen LogP contribution is -2.35. The van der Waals surface area contributed by atoms with Gasteiger partial charge in [0.25, 0.3) is 0 Å². The number of halogens is 1. The number of nitrogens with zero attached hydrogens (tertiary/aromatic N) is 1. The van der Waals surface area contributed by atoms with Gasteiger partial charge in [-0.3, -0.25) is 0 Å². The lowest BCUT2D eigenvalue weighted by molar-refractivity contribution is -0.106. The predicted molar refractivity (Wildman–Crippen MR) is 54.8 cm³/mol. The molecule has 1 aliphatic rings. The molecule has 2 heterocycles. The minimum atomic E-state index is -0.379. The van der Waals surface area contributed by atoms with Gasteiger partial charge in [0.15, 0.2) is 5.76 Å². The van der Waals surface area contributed by atoms with Gasteiger partial charge < -0.3 is 13.9 Å². The zero-order chi connectivity index (χ0) is 10.7. The Balaban J connectivity index is 2.24. The predicted octanol–water partition coefficient (Wildman–Crippen LogP) is 2.07. The van der Waals surface area contributed by atoms with Gasteiger partial charge in [0, 0.05) is 33.2 Å². The summed E-state index contributed by atoms with van der Waals surface area (Å²) in [5.41, 5.74) is -0.379. The Morgan fingerprint density at radius 3 is 2.80 bits per heavy atom. The van der Waals surface area contributed by atoms with Gasteiger partial charge >= 0.3 is 0 Å². The van der Waals surface area contributed by atoms with Crippen molar-refractivity contribution in [3.8, 4) is 0 Å². The van der Waals surface area contributed by atoms with E-state index in [4.69, 9.17) is 25.5 Å². The van der Waals surface area contributed by atoms with Crippen molar-refractivity contribution in [2.75, 3.05) is 20.3 Å². The highest BCUT2D eigenvalue weighted by atomic mass is 35.5. The number of ether oxygens (including phenoxy) is 2. The Kier molecular flexibility index (Phi) is 3.29. The first-order valence-electron chi connectivity index (χ1n) is 4.95. The van der Waals surface area contributed by atoms with Crippen molar-refractivity contribution < 1.29 is 13.9 Å². The lowest BCUT2D eigenvalue weighted by atomic mass is 9.92. The maximum Gasteiger partial charge on any atom is 0.209 e. The van der Waals surface area contributed by atoms with Crippen molar-refractivity contribution in [2.45, 2.75) is 24.3 Å². The molecule has 0 saturated carbocycles. The minimum Gasteiger partial charge on any atom is -0.441 e. The maximum atomic E-state index is 5.65. The molecular weight excluding hydrogens is 218 g/mol. The normalized spacial score (nSPS) is 20.4. The van der Waals surface area contributed by atoms with Crippen LogP contribution in [0.1, 0.15) is 24.5 Å². The number of aromatic nitrogens is 1. The quantitative estimate of drug-likeness (QED) is 0.747. The second kappa shape index (κ2) is 4.51. The molecule has 4 nitrogen and oxygen atoms in total. The fraction of sp³-hybridized carbons (Fsp3) is 0.700. The first-order chi connectivity index (χ1) is 7.30. The van der Waals surface area contributed by atoms with E-state index >= 15 is 0 Å². The van der Waals surface area contributed by atoms with Crippen molar-refractivity contribution in [2.24, 2.45) is 0 Å². The molecule has 0 amide bonds. The first-order valence-corrected chi connectivity index (χ1v) is 5.48. The Labute approximate surface area is 93.5 Å². The molecule has 0 unspecified atom stereocenters. The molecule has 5 heteroatoms. The van der Waals surface area contributed by atoms with E-state index in [1.165, 1.54) is 0 Å². The number of hydrogen-bond acceptors (Lipinski definition) is 4. The van der Waals surface area contributed by atoms with Crippen LogP contribution < -0.4 is 0 Å². The standard InChI is InChI=1S/C10H14ClNO3/c1-13-10(2-4-14-5-3-10)8-7-12-9(6-11)15-8/h7H,2-6H2,1H3. The fourth-order valence-corrected chi connectivity index (χ4v) is 1.96. The molecule has 0 spiro atoms. The second-order valence-corrected chi connectivity index (χ2v) is 3.83. The van der Waals surface area contributed by atoms with E-state index in [2.05, 4.69) is 4.98 Å². The third-order valence-corrected chi connectivity index (χ3v) is 3.04. The van der Waals surface area contributed by atoms with E-state index in [0.717, 1.165) is 18.6 Å². The summed E-state index contributed by atoms with van der Waals surface area (Å²) in [5.74, 6) is 1.58. The van der Waals surface area contributed by atoms with Crippen LogP contribution in [0, 0.1) is 0 Å². The number of rotatable bonds is 3. The molecule has 1 saturated heterocycles. The number of alkyl halides is 1. The molecule has 1 aromatic rings.